The van der Waals surface area contributed by atoms with Crippen LogP contribution in [0.3, 0.4) is 0 Å². The van der Waals surface area contributed by atoms with Crippen molar-refractivity contribution in [2.75, 3.05) is 6.61 Å². The lowest BCUT2D eigenvalue weighted by atomic mass is 10.1. The maximum Gasteiger partial charge on any atom is 0.359 e. The highest BCUT2D eigenvalue weighted by atomic mass is 32.1. The molecule has 25 heavy (non-hydrogen) atoms. The van der Waals surface area contributed by atoms with Crippen LogP contribution in [0, 0.1) is 0 Å². The number of fused-ring (bicyclic) bond motifs is 1. The topological polar surface area (TPSA) is 90.3 Å². The predicted molar refractivity (Wildman–Crippen MR) is 93.4 cm³/mol. The summed E-state index contributed by atoms with van der Waals surface area (Å²) in [5, 5.41) is 9.32. The van der Waals surface area contributed by atoms with Gasteiger partial charge in [-0.05, 0) is 17.5 Å². The Hall–Kier alpha value is -3.00. The molecule has 0 bridgehead atoms. The van der Waals surface area contributed by atoms with Crippen LogP contribution in [0.2, 0.25) is 0 Å². The molecule has 0 radical (unpaired) electrons. The van der Waals surface area contributed by atoms with Gasteiger partial charge in [-0.3, -0.25) is 9.59 Å². The fourth-order valence-electron chi connectivity index (χ4n) is 2.30. The molecule has 3 rings (SSSR count). The highest BCUT2D eigenvalue weighted by molar-refractivity contribution is 7.09. The molecule has 2 heterocycles. The summed E-state index contributed by atoms with van der Waals surface area (Å²) in [4.78, 5) is 37.1. The Morgan fingerprint density at radius 2 is 1.96 bits per heavy atom. The molecule has 1 amide bonds. The third-order valence-electron chi connectivity index (χ3n) is 3.52. The van der Waals surface area contributed by atoms with Gasteiger partial charge in [0.15, 0.2) is 12.3 Å². The maximum atomic E-state index is 12.3. The van der Waals surface area contributed by atoms with Gasteiger partial charge in [-0.1, -0.05) is 24.3 Å². The van der Waals surface area contributed by atoms with E-state index in [4.69, 9.17) is 4.74 Å². The number of ether oxygens (including phenoxy) is 1. The Morgan fingerprint density at radius 3 is 2.68 bits per heavy atom. The number of thiophene rings is 1. The van der Waals surface area contributed by atoms with Crippen LogP contribution < -0.4 is 10.9 Å². The average molecular weight is 357 g/mol. The lowest BCUT2D eigenvalue weighted by Gasteiger charge is -2.08. The molecule has 0 fully saturated rings. The largest absolute Gasteiger partial charge is 0.451 e. The summed E-state index contributed by atoms with van der Waals surface area (Å²) >= 11 is 1.53. The number of carbonyl (C=O) groups is 2. The van der Waals surface area contributed by atoms with E-state index in [1.807, 2.05) is 17.5 Å². The monoisotopic (exact) mass is 357 g/mol. The average Bonchev–Trinajstić information content (AvgIpc) is 3.14. The summed E-state index contributed by atoms with van der Waals surface area (Å²) in [7, 11) is 1.46. The first-order valence-corrected chi connectivity index (χ1v) is 8.36. The van der Waals surface area contributed by atoms with E-state index in [2.05, 4.69) is 10.4 Å². The molecule has 3 aromatic rings. The Morgan fingerprint density at radius 1 is 1.20 bits per heavy atom. The van der Waals surface area contributed by atoms with Crippen molar-refractivity contribution in [1.29, 1.82) is 0 Å². The molecule has 0 spiro atoms. The first kappa shape index (κ1) is 16.8. The van der Waals surface area contributed by atoms with Gasteiger partial charge in [-0.25, -0.2) is 9.48 Å². The molecular formula is C17H15N3O4S. The fourth-order valence-corrected chi connectivity index (χ4v) is 2.94. The number of aryl methyl sites for hydroxylation is 1. The van der Waals surface area contributed by atoms with Gasteiger partial charge in [-0.2, -0.15) is 5.10 Å². The molecular weight excluding hydrogens is 342 g/mol. The van der Waals surface area contributed by atoms with Gasteiger partial charge in [0.25, 0.3) is 11.5 Å². The molecule has 2 aromatic heterocycles. The lowest BCUT2D eigenvalue weighted by molar-refractivity contribution is -0.124. The Kier molecular flexibility index (Phi) is 4.90. The SMILES string of the molecule is Cn1nc(C(=O)OCC(=O)NCc2cccs2)c2ccccc2c1=O. The van der Waals surface area contributed by atoms with Crippen LogP contribution in [-0.4, -0.2) is 28.3 Å². The number of carbonyl (C=O) groups excluding carboxylic acids is 2. The smallest absolute Gasteiger partial charge is 0.359 e. The minimum Gasteiger partial charge on any atom is -0.451 e. The summed E-state index contributed by atoms with van der Waals surface area (Å²) in [6.07, 6.45) is 0. The number of rotatable bonds is 5. The molecule has 7 nitrogen and oxygen atoms in total. The van der Waals surface area contributed by atoms with Crippen LogP contribution in [-0.2, 0) is 23.1 Å². The molecule has 0 atom stereocenters. The van der Waals surface area contributed by atoms with Crippen LogP contribution in [0.15, 0.2) is 46.6 Å². The van der Waals surface area contributed by atoms with Crippen molar-refractivity contribution >= 4 is 34.0 Å². The molecule has 128 valence electrons. The van der Waals surface area contributed by atoms with Gasteiger partial charge >= 0.3 is 5.97 Å². The molecule has 8 heteroatoms. The second kappa shape index (κ2) is 7.27. The fraction of sp³-hybridized carbons (Fsp3) is 0.176. The molecule has 0 aliphatic heterocycles. The zero-order valence-electron chi connectivity index (χ0n) is 13.4. The van der Waals surface area contributed by atoms with E-state index in [1.54, 1.807) is 24.3 Å². The zero-order valence-corrected chi connectivity index (χ0v) is 14.2. The Bertz CT molecular complexity index is 979. The van der Waals surface area contributed by atoms with E-state index in [1.165, 1.54) is 18.4 Å². The normalized spacial score (nSPS) is 10.6. The number of aromatic nitrogens is 2. The molecule has 1 N–H and O–H groups in total. The number of benzene rings is 1. The van der Waals surface area contributed by atoms with Crippen LogP contribution in [0.25, 0.3) is 10.8 Å². The standard InChI is InChI=1S/C17H15N3O4S/c1-20-16(22)13-7-3-2-6-12(13)15(19-20)17(23)24-10-14(21)18-9-11-5-4-8-25-11/h2-8H,9-10H2,1H3,(H,18,21). The Labute approximate surface area is 146 Å². The number of hydrogen-bond donors (Lipinski definition) is 1. The third-order valence-corrected chi connectivity index (χ3v) is 4.40. The summed E-state index contributed by atoms with van der Waals surface area (Å²) in [5.74, 6) is -1.16. The molecule has 0 saturated heterocycles. The van der Waals surface area contributed by atoms with Crippen molar-refractivity contribution < 1.29 is 14.3 Å². The first-order chi connectivity index (χ1) is 12.1. The van der Waals surface area contributed by atoms with E-state index in [0.717, 1.165) is 9.56 Å². The van der Waals surface area contributed by atoms with Crippen molar-refractivity contribution in [1.82, 2.24) is 15.1 Å². The summed E-state index contributed by atoms with van der Waals surface area (Å²) < 4.78 is 6.12. The van der Waals surface area contributed by atoms with E-state index in [0.29, 0.717) is 17.3 Å². The first-order valence-electron chi connectivity index (χ1n) is 7.48. The van der Waals surface area contributed by atoms with E-state index < -0.39 is 18.5 Å². The molecule has 0 unspecified atom stereocenters. The highest BCUT2D eigenvalue weighted by Crippen LogP contribution is 2.14. The van der Waals surface area contributed by atoms with Crippen LogP contribution in [0.1, 0.15) is 15.4 Å². The van der Waals surface area contributed by atoms with Crippen LogP contribution in [0.5, 0.6) is 0 Å². The number of nitrogens with zero attached hydrogens (tertiary/aromatic N) is 2. The van der Waals surface area contributed by atoms with Crippen LogP contribution >= 0.6 is 11.3 Å². The highest BCUT2D eigenvalue weighted by Gasteiger charge is 2.18. The van der Waals surface area contributed by atoms with Crippen molar-refractivity contribution in [3.05, 3.63) is 62.7 Å². The molecule has 1 aromatic carbocycles. The second-order valence-electron chi connectivity index (χ2n) is 5.26. The molecule has 0 aliphatic rings. The maximum absolute atomic E-state index is 12.3. The number of amides is 1. The van der Waals surface area contributed by atoms with E-state index in [-0.39, 0.29) is 11.3 Å². The van der Waals surface area contributed by atoms with Crippen LogP contribution in [0.4, 0.5) is 0 Å². The van der Waals surface area contributed by atoms with Gasteiger partial charge in [0.05, 0.1) is 11.9 Å². The second-order valence-corrected chi connectivity index (χ2v) is 6.29. The summed E-state index contributed by atoms with van der Waals surface area (Å²) in [5.41, 5.74) is -0.301. The third kappa shape index (κ3) is 3.74. The van der Waals surface area contributed by atoms with Gasteiger partial charge in [0.2, 0.25) is 0 Å². The Balaban J connectivity index is 1.69. The number of esters is 1. The van der Waals surface area contributed by atoms with E-state index >= 15 is 0 Å². The van der Waals surface area contributed by atoms with Gasteiger partial charge in [-0.15, -0.1) is 11.3 Å². The van der Waals surface area contributed by atoms with Crippen molar-refractivity contribution in [3.63, 3.8) is 0 Å². The summed E-state index contributed by atoms with van der Waals surface area (Å²) in [6.45, 7) is -0.0296. The van der Waals surface area contributed by atoms with Crippen molar-refractivity contribution in [3.8, 4) is 0 Å². The van der Waals surface area contributed by atoms with Crippen molar-refractivity contribution in [2.24, 2.45) is 7.05 Å². The summed E-state index contributed by atoms with van der Waals surface area (Å²) in [6, 6.07) is 10.4. The van der Waals surface area contributed by atoms with E-state index in [9.17, 15) is 14.4 Å². The van der Waals surface area contributed by atoms with Crippen molar-refractivity contribution in [2.45, 2.75) is 6.54 Å². The quantitative estimate of drug-likeness (QED) is 0.699. The minimum absolute atomic E-state index is 0.00348. The number of hydrogen-bond acceptors (Lipinski definition) is 6. The van der Waals surface area contributed by atoms with Gasteiger partial charge in [0.1, 0.15) is 0 Å². The molecule has 0 saturated carbocycles. The lowest BCUT2D eigenvalue weighted by Crippen LogP contribution is -2.29. The van der Waals surface area contributed by atoms with Gasteiger partial charge < -0.3 is 10.1 Å². The predicted octanol–water partition coefficient (Wildman–Crippen LogP) is 1.47. The molecule has 0 aliphatic carbocycles. The minimum atomic E-state index is -0.752. The van der Waals surface area contributed by atoms with Gasteiger partial charge in [0, 0.05) is 17.3 Å². The number of nitrogens with one attached hydrogen (secondary N) is 1. The zero-order chi connectivity index (χ0) is 17.8.